The average Bonchev–Trinajstić information content (AvgIpc) is 2.77. The molecule has 2 rings (SSSR count). The molecule has 1 N–H and O–H groups in total. The predicted octanol–water partition coefficient (Wildman–Crippen LogP) is 2.30. The Labute approximate surface area is 98.1 Å². The molecule has 4 heteroatoms. The van der Waals surface area contributed by atoms with Crippen LogP contribution in [-0.2, 0) is 0 Å². The van der Waals surface area contributed by atoms with Crippen LogP contribution in [0.1, 0.15) is 26.3 Å². The quantitative estimate of drug-likeness (QED) is 0.821. The maximum Gasteiger partial charge on any atom is 0.335 e. The summed E-state index contributed by atoms with van der Waals surface area (Å²) in [6.45, 7) is 1.84. The second-order valence-corrected chi connectivity index (χ2v) is 3.78. The van der Waals surface area contributed by atoms with Gasteiger partial charge in [-0.15, -0.1) is 0 Å². The van der Waals surface area contributed by atoms with E-state index < -0.39 is 5.97 Å². The molecule has 0 radical (unpaired) electrons. The number of aromatic nitrogens is 1. The molecule has 0 saturated heterocycles. The lowest BCUT2D eigenvalue weighted by Crippen LogP contribution is -2.00. The van der Waals surface area contributed by atoms with Gasteiger partial charge in [-0.2, -0.15) is 0 Å². The molecule has 17 heavy (non-hydrogen) atoms. The van der Waals surface area contributed by atoms with Crippen LogP contribution in [0.5, 0.6) is 0 Å². The Balaban J connectivity index is 2.46. The predicted molar refractivity (Wildman–Crippen MR) is 62.9 cm³/mol. The van der Waals surface area contributed by atoms with Crippen LogP contribution >= 0.6 is 0 Å². The topological polar surface area (TPSA) is 59.3 Å². The van der Waals surface area contributed by atoms with Crippen molar-refractivity contribution in [3.8, 4) is 5.69 Å². The second kappa shape index (κ2) is 4.25. The molecule has 0 atom stereocenters. The first-order valence-electron chi connectivity index (χ1n) is 5.09. The van der Waals surface area contributed by atoms with E-state index in [2.05, 4.69) is 0 Å². The fraction of sp³-hybridized carbons (Fsp3) is 0.0769. The largest absolute Gasteiger partial charge is 0.478 e. The summed E-state index contributed by atoms with van der Waals surface area (Å²) < 4.78 is 1.80. The van der Waals surface area contributed by atoms with Crippen LogP contribution in [0.25, 0.3) is 5.69 Å². The highest BCUT2D eigenvalue weighted by Crippen LogP contribution is 2.17. The molecule has 0 amide bonds. The molecular formula is C13H11NO3. The molecule has 0 aliphatic heterocycles. The second-order valence-electron chi connectivity index (χ2n) is 3.78. The van der Waals surface area contributed by atoms with Crippen molar-refractivity contribution in [3.05, 3.63) is 53.3 Å². The first-order valence-corrected chi connectivity index (χ1v) is 5.09. The first kappa shape index (κ1) is 11.1. The Morgan fingerprint density at radius 3 is 2.65 bits per heavy atom. The first-order chi connectivity index (χ1) is 8.11. The van der Waals surface area contributed by atoms with Crippen LogP contribution < -0.4 is 0 Å². The molecule has 1 aromatic carbocycles. The molecule has 2 aromatic rings. The van der Waals surface area contributed by atoms with Gasteiger partial charge in [0.2, 0.25) is 0 Å². The summed E-state index contributed by atoms with van der Waals surface area (Å²) in [6, 6.07) is 6.59. The molecule has 0 aliphatic carbocycles. The third kappa shape index (κ3) is 2.10. The van der Waals surface area contributed by atoms with E-state index in [9.17, 15) is 9.59 Å². The van der Waals surface area contributed by atoms with Gasteiger partial charge in [-0.25, -0.2) is 4.79 Å². The SMILES string of the molecule is Cc1cc(C(=O)O)ccc1-n1ccc(C=O)c1. The highest BCUT2D eigenvalue weighted by atomic mass is 16.4. The molecule has 0 saturated carbocycles. The number of hydrogen-bond acceptors (Lipinski definition) is 2. The van der Waals surface area contributed by atoms with Gasteiger partial charge in [0, 0.05) is 23.6 Å². The Bertz CT molecular complexity index is 584. The van der Waals surface area contributed by atoms with Crippen LogP contribution in [0, 0.1) is 6.92 Å². The van der Waals surface area contributed by atoms with Crippen LogP contribution in [0.4, 0.5) is 0 Å². The van der Waals surface area contributed by atoms with E-state index in [1.807, 2.05) is 6.92 Å². The molecule has 0 spiro atoms. The van der Waals surface area contributed by atoms with E-state index >= 15 is 0 Å². The average molecular weight is 229 g/mol. The number of rotatable bonds is 3. The van der Waals surface area contributed by atoms with Crippen molar-refractivity contribution in [1.29, 1.82) is 0 Å². The summed E-state index contributed by atoms with van der Waals surface area (Å²) in [5.74, 6) is -0.944. The van der Waals surface area contributed by atoms with E-state index in [0.717, 1.165) is 17.5 Å². The van der Waals surface area contributed by atoms with E-state index in [1.54, 1.807) is 41.2 Å². The molecule has 0 aliphatic rings. The minimum Gasteiger partial charge on any atom is -0.478 e. The van der Waals surface area contributed by atoms with Crippen LogP contribution in [0.3, 0.4) is 0 Å². The molecule has 86 valence electrons. The normalized spacial score (nSPS) is 10.2. The third-order valence-electron chi connectivity index (χ3n) is 2.57. The van der Waals surface area contributed by atoms with Gasteiger partial charge >= 0.3 is 5.97 Å². The Morgan fingerprint density at radius 2 is 2.12 bits per heavy atom. The van der Waals surface area contributed by atoms with Crippen molar-refractivity contribution in [1.82, 2.24) is 4.57 Å². The van der Waals surface area contributed by atoms with E-state index in [0.29, 0.717) is 5.56 Å². The summed E-state index contributed by atoms with van der Waals surface area (Å²) in [6.07, 6.45) is 4.25. The van der Waals surface area contributed by atoms with Gasteiger partial charge in [0.1, 0.15) is 0 Å². The maximum absolute atomic E-state index is 10.8. The monoisotopic (exact) mass is 229 g/mol. The highest BCUT2D eigenvalue weighted by molar-refractivity contribution is 5.88. The molecule has 0 fully saturated rings. The lowest BCUT2D eigenvalue weighted by molar-refractivity contribution is 0.0696. The van der Waals surface area contributed by atoms with E-state index in [4.69, 9.17) is 5.11 Å². The van der Waals surface area contributed by atoms with Crippen molar-refractivity contribution in [2.24, 2.45) is 0 Å². The lowest BCUT2D eigenvalue weighted by atomic mass is 10.1. The molecule has 1 heterocycles. The number of carbonyl (C=O) groups excluding carboxylic acids is 1. The number of carboxylic acids is 1. The molecule has 1 aromatic heterocycles. The zero-order valence-electron chi connectivity index (χ0n) is 9.25. The van der Waals surface area contributed by atoms with Crippen molar-refractivity contribution in [2.75, 3.05) is 0 Å². The van der Waals surface area contributed by atoms with Gasteiger partial charge in [-0.05, 0) is 36.8 Å². The number of nitrogens with zero attached hydrogens (tertiary/aromatic N) is 1. The maximum atomic E-state index is 10.8. The summed E-state index contributed by atoms with van der Waals surface area (Å²) >= 11 is 0. The van der Waals surface area contributed by atoms with Gasteiger partial charge in [0.25, 0.3) is 0 Å². The smallest absolute Gasteiger partial charge is 0.335 e. The van der Waals surface area contributed by atoms with Gasteiger partial charge in [0.15, 0.2) is 6.29 Å². The summed E-state index contributed by atoms with van der Waals surface area (Å²) in [4.78, 5) is 21.4. The molecule has 4 nitrogen and oxygen atoms in total. The van der Waals surface area contributed by atoms with Gasteiger partial charge in [-0.1, -0.05) is 0 Å². The minimum absolute atomic E-state index is 0.258. The summed E-state index contributed by atoms with van der Waals surface area (Å²) in [7, 11) is 0. The van der Waals surface area contributed by atoms with Crippen LogP contribution in [0.15, 0.2) is 36.7 Å². The van der Waals surface area contributed by atoms with E-state index in [1.165, 1.54) is 0 Å². The number of aromatic carboxylic acids is 1. The Morgan fingerprint density at radius 1 is 1.35 bits per heavy atom. The minimum atomic E-state index is -0.944. The molecular weight excluding hydrogens is 218 g/mol. The fourth-order valence-corrected chi connectivity index (χ4v) is 1.71. The fourth-order valence-electron chi connectivity index (χ4n) is 1.71. The van der Waals surface area contributed by atoms with E-state index in [-0.39, 0.29) is 5.56 Å². The summed E-state index contributed by atoms with van der Waals surface area (Å²) in [5.41, 5.74) is 2.56. The van der Waals surface area contributed by atoms with Crippen molar-refractivity contribution >= 4 is 12.3 Å². The van der Waals surface area contributed by atoms with Gasteiger partial charge in [-0.3, -0.25) is 4.79 Å². The number of carboxylic acid groups (broad SMARTS) is 1. The number of hydrogen-bond donors (Lipinski definition) is 1. The molecule has 0 unspecified atom stereocenters. The van der Waals surface area contributed by atoms with Gasteiger partial charge in [0.05, 0.1) is 5.56 Å². The van der Waals surface area contributed by atoms with Crippen LogP contribution in [0.2, 0.25) is 0 Å². The number of carbonyl (C=O) groups is 2. The van der Waals surface area contributed by atoms with Gasteiger partial charge < -0.3 is 9.67 Å². The van der Waals surface area contributed by atoms with Crippen molar-refractivity contribution in [3.63, 3.8) is 0 Å². The standard InChI is InChI=1S/C13H11NO3/c1-9-6-11(13(16)17)2-3-12(9)14-5-4-10(7-14)8-15/h2-8H,1H3,(H,16,17). The third-order valence-corrected chi connectivity index (χ3v) is 2.57. The zero-order valence-corrected chi connectivity index (χ0v) is 9.25. The Kier molecular flexibility index (Phi) is 2.78. The number of benzene rings is 1. The van der Waals surface area contributed by atoms with Crippen molar-refractivity contribution in [2.45, 2.75) is 6.92 Å². The Hall–Kier alpha value is -2.36. The lowest BCUT2D eigenvalue weighted by Gasteiger charge is -2.07. The number of aryl methyl sites for hydroxylation is 1. The molecule has 0 bridgehead atoms. The summed E-state index contributed by atoms with van der Waals surface area (Å²) in [5, 5.41) is 8.86. The van der Waals surface area contributed by atoms with Crippen LogP contribution in [-0.4, -0.2) is 21.9 Å². The highest BCUT2D eigenvalue weighted by Gasteiger charge is 2.07. The van der Waals surface area contributed by atoms with Crippen molar-refractivity contribution < 1.29 is 14.7 Å². The zero-order chi connectivity index (χ0) is 12.4. The number of aldehydes is 1.